The highest BCUT2D eigenvalue weighted by molar-refractivity contribution is 6.06. The quantitative estimate of drug-likeness (QED) is 0.177. The van der Waals surface area contributed by atoms with Gasteiger partial charge in [-0.3, -0.25) is 9.59 Å². The number of amides is 2. The van der Waals surface area contributed by atoms with Crippen molar-refractivity contribution in [1.82, 2.24) is 0 Å². The number of aliphatic imine (C=N–C) groups is 2. The highest BCUT2D eigenvalue weighted by Crippen LogP contribution is 2.28. The van der Waals surface area contributed by atoms with Gasteiger partial charge >= 0.3 is 0 Å². The van der Waals surface area contributed by atoms with Gasteiger partial charge in [0.05, 0.1) is 38.3 Å². The van der Waals surface area contributed by atoms with Crippen molar-refractivity contribution in [2.45, 2.75) is 20.0 Å². The lowest BCUT2D eigenvalue weighted by molar-refractivity contribution is -0.111. The maximum atomic E-state index is 13.3. The molecule has 0 saturated heterocycles. The third kappa shape index (κ3) is 8.76. The minimum Gasteiger partial charge on any atom is -0.495 e. The lowest BCUT2D eigenvalue weighted by Crippen LogP contribution is -2.15. The Hall–Kier alpha value is -5.48. The van der Waals surface area contributed by atoms with E-state index in [0.717, 1.165) is 29.4 Å². The Labute approximate surface area is 256 Å². The van der Waals surface area contributed by atoms with E-state index in [1.54, 1.807) is 24.3 Å². The van der Waals surface area contributed by atoms with E-state index in [9.17, 15) is 9.59 Å². The van der Waals surface area contributed by atoms with Crippen LogP contribution in [0.25, 0.3) is 5.70 Å². The zero-order valence-electron chi connectivity index (χ0n) is 24.8. The lowest BCUT2D eigenvalue weighted by atomic mass is 10.1. The van der Waals surface area contributed by atoms with Crippen LogP contribution in [0.1, 0.15) is 34.8 Å². The molecule has 3 N–H and O–H groups in total. The van der Waals surface area contributed by atoms with Gasteiger partial charge in [-0.1, -0.05) is 36.9 Å². The summed E-state index contributed by atoms with van der Waals surface area (Å²) in [6, 6.07) is 17.9. The maximum absolute atomic E-state index is 13.3. The number of guanidine groups is 1. The number of nitrogens with zero attached hydrogens (tertiary/aromatic N) is 2. The number of nitrogens with one attached hydrogen (secondary N) is 3. The molecule has 226 valence electrons. The van der Waals surface area contributed by atoms with Crippen molar-refractivity contribution in [1.29, 1.82) is 0 Å². The molecular weight excluding hydrogens is 558 g/mol. The van der Waals surface area contributed by atoms with Crippen molar-refractivity contribution in [3.05, 3.63) is 108 Å². The van der Waals surface area contributed by atoms with Gasteiger partial charge in [-0.05, 0) is 80.2 Å². The van der Waals surface area contributed by atoms with Gasteiger partial charge in [-0.25, -0.2) is 9.98 Å². The van der Waals surface area contributed by atoms with Crippen LogP contribution in [0.3, 0.4) is 0 Å². The average molecular weight is 594 g/mol. The molecule has 0 fully saturated rings. The monoisotopic (exact) mass is 593 g/mol. The first-order chi connectivity index (χ1) is 21.4. The van der Waals surface area contributed by atoms with Gasteiger partial charge in [0.15, 0.2) is 0 Å². The van der Waals surface area contributed by atoms with Crippen LogP contribution in [0.15, 0.2) is 102 Å². The van der Waals surface area contributed by atoms with Crippen LogP contribution in [-0.4, -0.2) is 44.8 Å². The fraction of sp³-hybridized carbons (Fsp3) is 0.176. The number of carbonyl (C=O) groups is 2. The molecule has 3 aromatic carbocycles. The van der Waals surface area contributed by atoms with E-state index in [1.165, 1.54) is 7.11 Å². The number of anilines is 3. The SMILES string of the molecule is C=CC(=O)Nc1ccc(C(=O)Nc2cc3cc(c2)N/C(N=C)=N/C(=C\C)c2cccc(c2)OCC/C=C/COC3)cc1OC. The summed E-state index contributed by atoms with van der Waals surface area (Å²) in [6.45, 7) is 10.3. The van der Waals surface area contributed by atoms with Crippen molar-refractivity contribution >= 4 is 47.3 Å². The summed E-state index contributed by atoms with van der Waals surface area (Å²) >= 11 is 0. The molecule has 1 heterocycles. The van der Waals surface area contributed by atoms with E-state index in [2.05, 4.69) is 34.2 Å². The zero-order valence-corrected chi connectivity index (χ0v) is 24.8. The molecule has 0 unspecified atom stereocenters. The van der Waals surface area contributed by atoms with Crippen molar-refractivity contribution in [3.63, 3.8) is 0 Å². The molecule has 10 heteroatoms. The Balaban J connectivity index is 1.64. The Morgan fingerprint density at radius 2 is 1.95 bits per heavy atom. The van der Waals surface area contributed by atoms with Crippen LogP contribution < -0.4 is 25.4 Å². The van der Waals surface area contributed by atoms with E-state index >= 15 is 0 Å². The number of fused-ring (bicyclic) bond motifs is 4. The number of carbonyl (C=O) groups excluding carboxylic acids is 2. The Morgan fingerprint density at radius 1 is 1.09 bits per heavy atom. The molecule has 0 radical (unpaired) electrons. The predicted molar refractivity (Wildman–Crippen MR) is 176 cm³/mol. The van der Waals surface area contributed by atoms with Crippen molar-refractivity contribution in [3.8, 4) is 11.5 Å². The minimum atomic E-state index is -0.390. The lowest BCUT2D eigenvalue weighted by Gasteiger charge is -2.14. The number of benzene rings is 3. The number of allylic oxidation sites excluding steroid dienone is 1. The Bertz CT molecular complexity index is 1630. The fourth-order valence-electron chi connectivity index (χ4n) is 4.30. The third-order valence-corrected chi connectivity index (χ3v) is 6.40. The molecule has 10 nitrogen and oxygen atoms in total. The molecule has 3 aromatic rings. The van der Waals surface area contributed by atoms with Crippen LogP contribution in [0.5, 0.6) is 11.5 Å². The largest absolute Gasteiger partial charge is 0.495 e. The standard InChI is InChI=1S/C34H35N5O5/c1-5-29-24-11-10-12-28(19-24)44-16-9-7-8-15-43-22-23-17-26(21-27(18-23)37-34(35-3)39-29)36-33(41)25-13-14-30(31(20-25)42-4)38-32(40)6-2/h5-8,10-14,17-21H,2-3,9,15-16,22H2,1,4H3,(H,36,41)(H,37,39)(H,38,40)/b8-7+,29-5-. The molecule has 0 spiro atoms. The molecule has 44 heavy (non-hydrogen) atoms. The fourth-order valence-corrected chi connectivity index (χ4v) is 4.30. The summed E-state index contributed by atoms with van der Waals surface area (Å²) < 4.78 is 17.2. The van der Waals surface area contributed by atoms with Gasteiger partial charge in [-0.2, -0.15) is 0 Å². The second-order valence-electron chi connectivity index (χ2n) is 9.53. The smallest absolute Gasteiger partial charge is 0.255 e. The van der Waals surface area contributed by atoms with Gasteiger partial charge in [0, 0.05) is 22.5 Å². The van der Waals surface area contributed by atoms with Gasteiger partial charge in [0.25, 0.3) is 5.91 Å². The van der Waals surface area contributed by atoms with Crippen molar-refractivity contribution < 1.29 is 23.8 Å². The summed E-state index contributed by atoms with van der Waals surface area (Å²) in [7, 11) is 1.46. The minimum absolute atomic E-state index is 0.269. The second-order valence-corrected chi connectivity index (χ2v) is 9.53. The summed E-state index contributed by atoms with van der Waals surface area (Å²) in [5.41, 5.74) is 4.25. The molecule has 4 rings (SSSR count). The molecule has 0 aliphatic carbocycles. The van der Waals surface area contributed by atoms with Gasteiger partial charge < -0.3 is 30.2 Å². The Morgan fingerprint density at radius 3 is 2.73 bits per heavy atom. The van der Waals surface area contributed by atoms with Crippen LogP contribution in [0, 0.1) is 0 Å². The topological polar surface area (TPSA) is 123 Å². The van der Waals surface area contributed by atoms with Crippen molar-refractivity contribution in [2.24, 2.45) is 9.98 Å². The molecule has 0 atom stereocenters. The van der Waals surface area contributed by atoms with E-state index in [1.807, 2.05) is 61.5 Å². The first-order valence-corrected chi connectivity index (χ1v) is 13.9. The van der Waals surface area contributed by atoms with Crippen LogP contribution >= 0.6 is 0 Å². The molecule has 0 saturated carbocycles. The number of rotatable bonds is 5. The molecule has 4 bridgehead atoms. The van der Waals surface area contributed by atoms with Crippen LogP contribution in [0.2, 0.25) is 0 Å². The first kappa shape index (κ1) is 31.5. The van der Waals surface area contributed by atoms with Crippen molar-refractivity contribution in [2.75, 3.05) is 36.3 Å². The summed E-state index contributed by atoms with van der Waals surface area (Å²) in [6.07, 6.45) is 7.73. The number of hydrogen-bond donors (Lipinski definition) is 3. The van der Waals surface area contributed by atoms with E-state index in [0.29, 0.717) is 53.9 Å². The van der Waals surface area contributed by atoms with E-state index in [-0.39, 0.29) is 17.8 Å². The van der Waals surface area contributed by atoms with Gasteiger partial charge in [0.2, 0.25) is 11.9 Å². The molecule has 1 aliphatic rings. The number of hydrogen-bond acceptors (Lipinski definition) is 8. The highest BCUT2D eigenvalue weighted by Gasteiger charge is 2.14. The number of methoxy groups -OCH3 is 1. The summed E-state index contributed by atoms with van der Waals surface area (Å²) in [5, 5.41) is 8.80. The highest BCUT2D eigenvalue weighted by atomic mass is 16.5. The van der Waals surface area contributed by atoms with Crippen LogP contribution in [-0.2, 0) is 16.1 Å². The van der Waals surface area contributed by atoms with E-state index in [4.69, 9.17) is 19.2 Å². The first-order valence-electron chi connectivity index (χ1n) is 13.9. The normalized spacial score (nSPS) is 16.4. The Kier molecular flexibility index (Phi) is 11.2. The summed E-state index contributed by atoms with van der Waals surface area (Å²) in [5.74, 6) is 0.580. The zero-order chi connectivity index (χ0) is 31.3. The summed E-state index contributed by atoms with van der Waals surface area (Å²) in [4.78, 5) is 33.8. The average Bonchev–Trinajstić information content (AvgIpc) is 3.03. The van der Waals surface area contributed by atoms with Crippen LogP contribution in [0.4, 0.5) is 17.1 Å². The number of ether oxygens (including phenoxy) is 3. The van der Waals surface area contributed by atoms with Gasteiger partial charge in [-0.15, -0.1) is 0 Å². The molecule has 1 aliphatic heterocycles. The molecular formula is C34H35N5O5. The predicted octanol–water partition coefficient (Wildman–Crippen LogP) is 6.46. The second kappa shape index (κ2) is 15.7. The maximum Gasteiger partial charge on any atom is 0.255 e. The molecule has 2 amide bonds. The molecule has 0 aromatic heterocycles. The van der Waals surface area contributed by atoms with E-state index < -0.39 is 0 Å². The third-order valence-electron chi connectivity index (χ3n) is 6.40. The van der Waals surface area contributed by atoms with Gasteiger partial charge in [0.1, 0.15) is 11.5 Å².